The van der Waals surface area contributed by atoms with E-state index in [9.17, 15) is 9.59 Å². The quantitative estimate of drug-likeness (QED) is 0.585. The summed E-state index contributed by atoms with van der Waals surface area (Å²) in [6, 6.07) is 6.70. The fraction of sp³-hybridized carbons (Fsp3) is 0.357. The highest BCUT2D eigenvalue weighted by atomic mass is 16.6. The zero-order chi connectivity index (χ0) is 15.5. The third-order valence-electron chi connectivity index (χ3n) is 2.39. The van der Waals surface area contributed by atoms with Crippen molar-refractivity contribution in [3.8, 4) is 5.75 Å². The van der Waals surface area contributed by atoms with Gasteiger partial charge >= 0.3 is 6.03 Å². The van der Waals surface area contributed by atoms with Crippen LogP contribution in [0.4, 0.5) is 4.79 Å². The number of amides is 3. The lowest BCUT2D eigenvalue weighted by molar-refractivity contribution is -0.124. The van der Waals surface area contributed by atoms with Gasteiger partial charge in [-0.2, -0.15) is 0 Å². The van der Waals surface area contributed by atoms with Crippen molar-refractivity contribution in [2.75, 3.05) is 20.3 Å². The van der Waals surface area contributed by atoms with Crippen LogP contribution in [0.15, 0.2) is 29.4 Å². The number of imide groups is 1. The number of hydrogen-bond acceptors (Lipinski definition) is 5. The summed E-state index contributed by atoms with van der Waals surface area (Å²) in [6.45, 7) is 2.08. The van der Waals surface area contributed by atoms with Gasteiger partial charge in [0.05, 0.1) is 13.3 Å². The van der Waals surface area contributed by atoms with Gasteiger partial charge in [0.1, 0.15) is 5.75 Å². The van der Waals surface area contributed by atoms with Crippen LogP contribution in [0.2, 0.25) is 0 Å². The molecule has 0 aliphatic heterocycles. The molecule has 0 fully saturated rings. The van der Waals surface area contributed by atoms with Crippen molar-refractivity contribution < 1.29 is 19.2 Å². The van der Waals surface area contributed by atoms with Gasteiger partial charge in [-0.1, -0.05) is 24.2 Å². The Labute approximate surface area is 123 Å². The van der Waals surface area contributed by atoms with Crippen molar-refractivity contribution in [2.24, 2.45) is 5.16 Å². The molecular formula is C14H19N3O4. The first-order valence-electron chi connectivity index (χ1n) is 6.53. The second-order valence-electron chi connectivity index (χ2n) is 4.05. The van der Waals surface area contributed by atoms with Gasteiger partial charge in [0.25, 0.3) is 5.91 Å². The van der Waals surface area contributed by atoms with E-state index in [0.29, 0.717) is 12.3 Å². The van der Waals surface area contributed by atoms with E-state index in [2.05, 4.69) is 15.8 Å². The zero-order valence-corrected chi connectivity index (χ0v) is 12.1. The van der Waals surface area contributed by atoms with Crippen LogP contribution < -0.4 is 15.4 Å². The summed E-state index contributed by atoms with van der Waals surface area (Å²) in [5, 5.41) is 8.30. The lowest BCUT2D eigenvalue weighted by Gasteiger charge is -2.05. The molecule has 114 valence electrons. The van der Waals surface area contributed by atoms with Gasteiger partial charge in [0.2, 0.25) is 0 Å². The number of hydrogen-bond donors (Lipinski definition) is 2. The standard InChI is InChI=1S/C14H19N3O4/c1-3-8-15-14(19)17-13(18)10-21-16-9-11-6-4-5-7-12(11)20-2/h4-7,9H,3,8,10H2,1-2H3,(H2,15,17,18,19)/b16-9-. The number of ether oxygens (including phenoxy) is 1. The minimum absolute atomic E-state index is 0.342. The fourth-order valence-electron chi connectivity index (χ4n) is 1.41. The van der Waals surface area contributed by atoms with Crippen LogP contribution in [-0.2, 0) is 9.63 Å². The van der Waals surface area contributed by atoms with Gasteiger partial charge in [0, 0.05) is 12.1 Å². The minimum atomic E-state index is -0.569. The van der Waals surface area contributed by atoms with Gasteiger partial charge in [-0.25, -0.2) is 4.79 Å². The second kappa shape index (κ2) is 9.35. The lowest BCUT2D eigenvalue weighted by atomic mass is 10.2. The van der Waals surface area contributed by atoms with Crippen LogP contribution in [-0.4, -0.2) is 38.4 Å². The molecule has 0 spiro atoms. The van der Waals surface area contributed by atoms with E-state index in [1.165, 1.54) is 6.21 Å². The number of nitrogens with zero attached hydrogens (tertiary/aromatic N) is 1. The topological polar surface area (TPSA) is 89.0 Å². The van der Waals surface area contributed by atoms with Crippen molar-refractivity contribution in [1.29, 1.82) is 0 Å². The number of para-hydroxylation sites is 1. The fourth-order valence-corrected chi connectivity index (χ4v) is 1.41. The molecule has 1 rings (SSSR count). The third-order valence-corrected chi connectivity index (χ3v) is 2.39. The van der Waals surface area contributed by atoms with E-state index in [1.807, 2.05) is 19.1 Å². The van der Waals surface area contributed by atoms with E-state index in [-0.39, 0.29) is 6.61 Å². The summed E-state index contributed by atoms with van der Waals surface area (Å²) in [5.41, 5.74) is 0.723. The normalized spacial score (nSPS) is 10.2. The second-order valence-corrected chi connectivity index (χ2v) is 4.05. The average molecular weight is 293 g/mol. The van der Waals surface area contributed by atoms with Crippen molar-refractivity contribution in [2.45, 2.75) is 13.3 Å². The summed E-state index contributed by atoms with van der Waals surface area (Å²) in [6.07, 6.45) is 2.23. The number of carbonyl (C=O) groups excluding carboxylic acids is 2. The zero-order valence-electron chi connectivity index (χ0n) is 12.1. The minimum Gasteiger partial charge on any atom is -0.496 e. The van der Waals surface area contributed by atoms with Crippen LogP contribution in [0, 0.1) is 0 Å². The van der Waals surface area contributed by atoms with Crippen LogP contribution >= 0.6 is 0 Å². The highest BCUT2D eigenvalue weighted by Gasteiger charge is 2.06. The number of methoxy groups -OCH3 is 1. The number of carbonyl (C=O) groups is 2. The maximum absolute atomic E-state index is 11.4. The Bertz CT molecular complexity index is 503. The molecule has 2 N–H and O–H groups in total. The summed E-state index contributed by atoms with van der Waals surface area (Å²) in [5.74, 6) is 0.0778. The molecule has 0 atom stereocenters. The molecule has 0 aromatic heterocycles. The predicted molar refractivity (Wildman–Crippen MR) is 78.4 cm³/mol. The smallest absolute Gasteiger partial charge is 0.321 e. The Kier molecular flexibility index (Phi) is 7.34. The highest BCUT2D eigenvalue weighted by Crippen LogP contribution is 2.14. The average Bonchev–Trinajstić information content (AvgIpc) is 2.49. The Morgan fingerprint density at radius 1 is 1.33 bits per heavy atom. The van der Waals surface area contributed by atoms with E-state index in [0.717, 1.165) is 12.0 Å². The SMILES string of the molecule is CCCNC(=O)NC(=O)CO/N=C\c1ccccc1OC. The maximum Gasteiger partial charge on any atom is 0.321 e. The van der Waals surface area contributed by atoms with Gasteiger partial charge in [-0.05, 0) is 18.6 Å². The van der Waals surface area contributed by atoms with Crippen molar-refractivity contribution in [1.82, 2.24) is 10.6 Å². The molecule has 0 radical (unpaired) electrons. The first-order valence-corrected chi connectivity index (χ1v) is 6.53. The van der Waals surface area contributed by atoms with E-state index in [4.69, 9.17) is 9.57 Å². The predicted octanol–water partition coefficient (Wildman–Crippen LogP) is 1.28. The molecule has 7 heteroatoms. The van der Waals surface area contributed by atoms with Crippen molar-refractivity contribution in [3.63, 3.8) is 0 Å². The molecule has 3 amide bonds. The Balaban J connectivity index is 2.34. The summed E-state index contributed by atoms with van der Waals surface area (Å²) >= 11 is 0. The number of benzene rings is 1. The Morgan fingerprint density at radius 2 is 2.10 bits per heavy atom. The van der Waals surface area contributed by atoms with Crippen molar-refractivity contribution in [3.05, 3.63) is 29.8 Å². The Morgan fingerprint density at radius 3 is 2.81 bits per heavy atom. The number of urea groups is 1. The monoisotopic (exact) mass is 293 g/mol. The first-order chi connectivity index (χ1) is 10.2. The largest absolute Gasteiger partial charge is 0.496 e. The molecule has 0 unspecified atom stereocenters. The van der Waals surface area contributed by atoms with Crippen LogP contribution in [0.1, 0.15) is 18.9 Å². The van der Waals surface area contributed by atoms with E-state index >= 15 is 0 Å². The molecule has 0 heterocycles. The maximum atomic E-state index is 11.4. The highest BCUT2D eigenvalue weighted by molar-refractivity contribution is 5.94. The van der Waals surface area contributed by atoms with Gasteiger partial charge < -0.3 is 14.9 Å². The molecule has 0 aliphatic rings. The van der Waals surface area contributed by atoms with Gasteiger partial charge in [-0.15, -0.1) is 0 Å². The number of rotatable bonds is 7. The summed E-state index contributed by atoms with van der Waals surface area (Å²) < 4.78 is 5.13. The van der Waals surface area contributed by atoms with E-state index < -0.39 is 11.9 Å². The van der Waals surface area contributed by atoms with Gasteiger partial charge in [0.15, 0.2) is 6.61 Å². The molecule has 0 saturated heterocycles. The van der Waals surface area contributed by atoms with Crippen molar-refractivity contribution >= 4 is 18.2 Å². The molecule has 0 aliphatic carbocycles. The molecule has 0 saturated carbocycles. The molecule has 0 bridgehead atoms. The molecule has 21 heavy (non-hydrogen) atoms. The van der Waals surface area contributed by atoms with E-state index in [1.54, 1.807) is 19.2 Å². The van der Waals surface area contributed by atoms with Crippen LogP contribution in [0.5, 0.6) is 5.75 Å². The molecular weight excluding hydrogens is 274 g/mol. The van der Waals surface area contributed by atoms with Crippen LogP contribution in [0.3, 0.4) is 0 Å². The third kappa shape index (κ3) is 6.42. The molecule has 7 nitrogen and oxygen atoms in total. The summed E-state index contributed by atoms with van der Waals surface area (Å²) in [7, 11) is 1.55. The molecule has 1 aromatic carbocycles. The molecule has 1 aromatic rings. The first kappa shape index (κ1) is 16.5. The van der Waals surface area contributed by atoms with Gasteiger partial charge in [-0.3, -0.25) is 10.1 Å². The summed E-state index contributed by atoms with van der Waals surface area (Å²) in [4.78, 5) is 27.4. The number of nitrogens with one attached hydrogen (secondary N) is 2. The Hall–Kier alpha value is -2.57. The van der Waals surface area contributed by atoms with Crippen LogP contribution in [0.25, 0.3) is 0 Å². The lowest BCUT2D eigenvalue weighted by Crippen LogP contribution is -2.41. The number of oxime groups is 1.